The number of unbranched alkanes of at least 4 members (excludes halogenated alkanes) is 5. The zero-order chi connectivity index (χ0) is 9.78. The lowest BCUT2D eigenvalue weighted by atomic mass is 10.1. The van der Waals surface area contributed by atoms with Crippen LogP contribution in [-0.2, 0) is 0 Å². The highest BCUT2D eigenvalue weighted by molar-refractivity contribution is 4.49. The predicted octanol–water partition coefficient (Wildman–Crippen LogP) is 2.16. The minimum atomic E-state index is 1.11. The first-order valence-corrected chi connectivity index (χ1v) is 5.77. The van der Waals surface area contributed by atoms with Gasteiger partial charge in [-0.1, -0.05) is 32.6 Å². The van der Waals surface area contributed by atoms with Crippen LogP contribution >= 0.6 is 0 Å². The maximum absolute atomic E-state index is 3.35. The molecule has 0 bridgehead atoms. The summed E-state index contributed by atoms with van der Waals surface area (Å²) >= 11 is 0. The fourth-order valence-electron chi connectivity index (χ4n) is 1.44. The van der Waals surface area contributed by atoms with Crippen LogP contribution in [0.15, 0.2) is 0 Å². The normalized spacial score (nSPS) is 10.6. The molecule has 0 heterocycles. The van der Waals surface area contributed by atoms with Crippen molar-refractivity contribution in [1.82, 2.24) is 10.6 Å². The molecule has 13 heavy (non-hydrogen) atoms. The van der Waals surface area contributed by atoms with Gasteiger partial charge in [0, 0.05) is 0 Å². The summed E-state index contributed by atoms with van der Waals surface area (Å²) in [7, 11) is 2.02. The standard InChI is InChI=1S/C11H26N2/c1-3-13-11-9-7-5-4-6-8-10-12-2/h12-13H,3-11H2,1-2H3. The zero-order valence-corrected chi connectivity index (χ0v) is 9.36. The van der Waals surface area contributed by atoms with Gasteiger partial charge in [-0.3, -0.25) is 0 Å². The summed E-state index contributed by atoms with van der Waals surface area (Å²) in [5.74, 6) is 0. The van der Waals surface area contributed by atoms with Crippen LogP contribution in [0.3, 0.4) is 0 Å². The highest BCUT2D eigenvalue weighted by Crippen LogP contribution is 2.03. The molecule has 0 aromatic rings. The molecule has 0 atom stereocenters. The molecule has 0 radical (unpaired) electrons. The average Bonchev–Trinajstić information content (AvgIpc) is 2.16. The first-order valence-electron chi connectivity index (χ1n) is 5.77. The smallest absolute Gasteiger partial charge is 0.00490 e. The molecule has 0 saturated carbocycles. The second kappa shape index (κ2) is 11.9. The average molecular weight is 186 g/mol. The van der Waals surface area contributed by atoms with Crippen LogP contribution in [0.25, 0.3) is 0 Å². The van der Waals surface area contributed by atoms with Crippen molar-refractivity contribution in [3.05, 3.63) is 0 Å². The van der Waals surface area contributed by atoms with Gasteiger partial charge in [-0.25, -0.2) is 0 Å². The van der Waals surface area contributed by atoms with Crippen molar-refractivity contribution in [2.75, 3.05) is 26.7 Å². The summed E-state index contributed by atoms with van der Waals surface area (Å²) in [6.45, 7) is 5.66. The van der Waals surface area contributed by atoms with E-state index in [1.54, 1.807) is 0 Å². The summed E-state index contributed by atoms with van der Waals surface area (Å²) < 4.78 is 0. The van der Waals surface area contributed by atoms with Gasteiger partial charge in [-0.05, 0) is 39.5 Å². The van der Waals surface area contributed by atoms with Gasteiger partial charge in [0.05, 0.1) is 0 Å². The zero-order valence-electron chi connectivity index (χ0n) is 9.36. The van der Waals surface area contributed by atoms with Crippen molar-refractivity contribution in [2.45, 2.75) is 45.4 Å². The summed E-state index contributed by atoms with van der Waals surface area (Å²) in [5, 5.41) is 6.53. The van der Waals surface area contributed by atoms with Crippen molar-refractivity contribution >= 4 is 0 Å². The van der Waals surface area contributed by atoms with Crippen LogP contribution < -0.4 is 10.6 Å². The highest BCUT2D eigenvalue weighted by atomic mass is 14.8. The van der Waals surface area contributed by atoms with E-state index in [4.69, 9.17) is 0 Å². The largest absolute Gasteiger partial charge is 0.320 e. The van der Waals surface area contributed by atoms with Crippen LogP contribution in [0, 0.1) is 0 Å². The molecule has 0 spiro atoms. The topological polar surface area (TPSA) is 24.1 Å². The van der Waals surface area contributed by atoms with Crippen molar-refractivity contribution in [3.63, 3.8) is 0 Å². The van der Waals surface area contributed by atoms with Crippen LogP contribution in [0.4, 0.5) is 0 Å². The maximum atomic E-state index is 3.35. The van der Waals surface area contributed by atoms with Gasteiger partial charge >= 0.3 is 0 Å². The first-order chi connectivity index (χ1) is 6.41. The highest BCUT2D eigenvalue weighted by Gasteiger charge is 1.90. The van der Waals surface area contributed by atoms with Gasteiger partial charge in [0.1, 0.15) is 0 Å². The second-order valence-electron chi connectivity index (χ2n) is 3.58. The molecule has 0 fully saturated rings. The summed E-state index contributed by atoms with van der Waals surface area (Å²) in [4.78, 5) is 0. The van der Waals surface area contributed by atoms with Gasteiger partial charge in [-0.2, -0.15) is 0 Å². The lowest BCUT2D eigenvalue weighted by Crippen LogP contribution is -2.13. The lowest BCUT2D eigenvalue weighted by molar-refractivity contribution is 0.564. The first kappa shape index (κ1) is 12.9. The Bertz CT molecular complexity index is 74.2. The quantitative estimate of drug-likeness (QED) is 0.511. The Labute approximate surface area is 83.5 Å². The fraction of sp³-hybridized carbons (Fsp3) is 1.00. The number of hydrogen-bond acceptors (Lipinski definition) is 2. The van der Waals surface area contributed by atoms with Crippen LogP contribution in [-0.4, -0.2) is 26.7 Å². The van der Waals surface area contributed by atoms with Crippen LogP contribution in [0.1, 0.15) is 45.4 Å². The van der Waals surface area contributed by atoms with Gasteiger partial charge in [0.2, 0.25) is 0 Å². The van der Waals surface area contributed by atoms with Gasteiger partial charge in [0.25, 0.3) is 0 Å². The second-order valence-corrected chi connectivity index (χ2v) is 3.58. The Balaban J connectivity index is 2.76. The molecule has 0 amide bonds. The molecule has 0 aliphatic carbocycles. The fourth-order valence-corrected chi connectivity index (χ4v) is 1.44. The molecule has 0 aliphatic rings. The van der Waals surface area contributed by atoms with Gasteiger partial charge in [0.15, 0.2) is 0 Å². The molecular weight excluding hydrogens is 160 g/mol. The molecule has 80 valence electrons. The van der Waals surface area contributed by atoms with E-state index in [9.17, 15) is 0 Å². The molecule has 0 aromatic carbocycles. The van der Waals surface area contributed by atoms with Crippen molar-refractivity contribution < 1.29 is 0 Å². The van der Waals surface area contributed by atoms with Gasteiger partial charge < -0.3 is 10.6 Å². The Morgan fingerprint density at radius 2 is 1.31 bits per heavy atom. The van der Waals surface area contributed by atoms with Crippen LogP contribution in [0.5, 0.6) is 0 Å². The molecular formula is C11H26N2. The molecule has 0 aliphatic heterocycles. The van der Waals surface area contributed by atoms with Gasteiger partial charge in [-0.15, -0.1) is 0 Å². The van der Waals surface area contributed by atoms with E-state index in [1.807, 2.05) is 7.05 Å². The lowest BCUT2D eigenvalue weighted by Gasteiger charge is -2.02. The van der Waals surface area contributed by atoms with E-state index in [0.29, 0.717) is 0 Å². The molecule has 2 nitrogen and oxygen atoms in total. The summed E-state index contributed by atoms with van der Waals surface area (Å²) in [5.41, 5.74) is 0. The third kappa shape index (κ3) is 11.9. The minimum absolute atomic E-state index is 1.11. The SMILES string of the molecule is CCNCCCCCCCCNC. The predicted molar refractivity (Wildman–Crippen MR) is 60.2 cm³/mol. The number of hydrogen-bond donors (Lipinski definition) is 2. The maximum Gasteiger partial charge on any atom is -0.00490 e. The van der Waals surface area contributed by atoms with E-state index in [-0.39, 0.29) is 0 Å². The summed E-state index contributed by atoms with van der Waals surface area (Å²) in [6.07, 6.45) is 8.29. The minimum Gasteiger partial charge on any atom is -0.320 e. The molecule has 2 heteroatoms. The Morgan fingerprint density at radius 3 is 1.85 bits per heavy atom. The molecule has 2 N–H and O–H groups in total. The third-order valence-electron chi connectivity index (χ3n) is 2.28. The molecule has 0 aromatic heterocycles. The van der Waals surface area contributed by atoms with E-state index in [1.165, 1.54) is 51.6 Å². The monoisotopic (exact) mass is 186 g/mol. The summed E-state index contributed by atoms with van der Waals surface area (Å²) in [6, 6.07) is 0. The Morgan fingerprint density at radius 1 is 0.769 bits per heavy atom. The number of nitrogens with one attached hydrogen (secondary N) is 2. The molecule has 0 rings (SSSR count). The van der Waals surface area contributed by atoms with E-state index >= 15 is 0 Å². The van der Waals surface area contributed by atoms with Crippen molar-refractivity contribution in [1.29, 1.82) is 0 Å². The van der Waals surface area contributed by atoms with E-state index in [2.05, 4.69) is 17.6 Å². The number of rotatable bonds is 10. The van der Waals surface area contributed by atoms with Crippen molar-refractivity contribution in [3.8, 4) is 0 Å². The van der Waals surface area contributed by atoms with Crippen LogP contribution in [0.2, 0.25) is 0 Å². The van der Waals surface area contributed by atoms with E-state index < -0.39 is 0 Å². The Kier molecular flexibility index (Phi) is 11.8. The molecule has 0 unspecified atom stereocenters. The third-order valence-corrected chi connectivity index (χ3v) is 2.28. The van der Waals surface area contributed by atoms with Crippen molar-refractivity contribution in [2.24, 2.45) is 0 Å². The Hall–Kier alpha value is -0.0800. The van der Waals surface area contributed by atoms with E-state index in [0.717, 1.165) is 6.54 Å². The molecule has 0 saturated heterocycles.